The summed E-state index contributed by atoms with van der Waals surface area (Å²) in [5, 5.41) is 10.6. The maximum absolute atomic E-state index is 13.1. The van der Waals surface area contributed by atoms with Crippen LogP contribution in [-0.4, -0.2) is 96.7 Å². The highest BCUT2D eigenvalue weighted by atomic mass is 31.2. The molecule has 0 heterocycles. The van der Waals surface area contributed by atoms with Crippen molar-refractivity contribution in [2.75, 3.05) is 39.6 Å². The molecule has 0 aliphatic carbocycles. The summed E-state index contributed by atoms with van der Waals surface area (Å²) in [6.45, 7) is 4.82. The highest BCUT2D eigenvalue weighted by Crippen LogP contribution is 2.45. The molecule has 574 valence electrons. The van der Waals surface area contributed by atoms with Gasteiger partial charge in [0.1, 0.15) is 19.3 Å². The first kappa shape index (κ1) is 95.0. The number of unbranched alkanes of at least 4 members (excludes halogenated alkanes) is 42. The first-order chi connectivity index (χ1) is 47.7. The van der Waals surface area contributed by atoms with Gasteiger partial charge in [-0.15, -0.1) is 0 Å². The summed E-state index contributed by atoms with van der Waals surface area (Å²) in [6, 6.07) is 0. The fourth-order valence-electron chi connectivity index (χ4n) is 11.3. The molecule has 0 saturated carbocycles. The first-order valence-electron chi connectivity index (χ1n) is 39.9. The Labute approximate surface area is 597 Å². The van der Waals surface area contributed by atoms with Crippen LogP contribution in [0.15, 0.2) is 48.6 Å². The minimum atomic E-state index is -4.97. The van der Waals surface area contributed by atoms with E-state index in [1.807, 2.05) is 0 Å². The zero-order chi connectivity index (χ0) is 71.8. The highest BCUT2D eigenvalue weighted by Gasteiger charge is 2.30. The van der Waals surface area contributed by atoms with E-state index in [1.165, 1.54) is 173 Å². The van der Waals surface area contributed by atoms with Crippen LogP contribution in [0.2, 0.25) is 0 Å². The number of ether oxygens (including phenoxy) is 4. The van der Waals surface area contributed by atoms with Crippen molar-refractivity contribution in [3.63, 3.8) is 0 Å². The van der Waals surface area contributed by atoms with Crippen molar-refractivity contribution in [2.24, 2.45) is 0 Å². The Morgan fingerprint density at radius 3 is 0.816 bits per heavy atom. The molecule has 0 amide bonds. The van der Waals surface area contributed by atoms with E-state index in [0.717, 1.165) is 122 Å². The van der Waals surface area contributed by atoms with E-state index in [-0.39, 0.29) is 25.7 Å². The van der Waals surface area contributed by atoms with Crippen molar-refractivity contribution >= 4 is 39.5 Å². The van der Waals surface area contributed by atoms with Crippen LogP contribution >= 0.6 is 15.6 Å². The predicted molar refractivity (Wildman–Crippen MR) is 400 cm³/mol. The Hall–Kier alpha value is -2.98. The zero-order valence-corrected chi connectivity index (χ0v) is 64.5. The maximum atomic E-state index is 13.1. The number of carbonyl (C=O) groups is 4. The van der Waals surface area contributed by atoms with Crippen molar-refractivity contribution in [3.05, 3.63) is 48.6 Å². The average molecular weight is 1430 g/mol. The Morgan fingerprint density at radius 2 is 0.531 bits per heavy atom. The Bertz CT molecular complexity index is 2050. The molecule has 0 aromatic rings. The lowest BCUT2D eigenvalue weighted by atomic mass is 10.0. The second kappa shape index (κ2) is 72.4. The number of aliphatic hydroxyl groups excluding tert-OH is 1. The predicted octanol–water partition coefficient (Wildman–Crippen LogP) is 22.9. The van der Waals surface area contributed by atoms with E-state index in [4.69, 9.17) is 37.0 Å². The fourth-order valence-corrected chi connectivity index (χ4v) is 12.9. The monoisotopic (exact) mass is 1430 g/mol. The topological polar surface area (TPSA) is 237 Å². The molecule has 98 heavy (non-hydrogen) atoms. The molecule has 17 nitrogen and oxygen atoms in total. The quantitative estimate of drug-likeness (QED) is 0.0169. The molecule has 3 N–H and O–H groups in total. The minimum Gasteiger partial charge on any atom is -0.462 e. The van der Waals surface area contributed by atoms with Gasteiger partial charge in [-0.25, -0.2) is 9.13 Å². The molecule has 0 aromatic carbocycles. The van der Waals surface area contributed by atoms with Gasteiger partial charge in [-0.05, 0) is 64.2 Å². The third-order valence-corrected chi connectivity index (χ3v) is 19.2. The van der Waals surface area contributed by atoms with Crippen LogP contribution in [0, 0.1) is 0 Å². The summed E-state index contributed by atoms with van der Waals surface area (Å²) in [4.78, 5) is 72.9. The van der Waals surface area contributed by atoms with Gasteiger partial charge in [-0.1, -0.05) is 333 Å². The van der Waals surface area contributed by atoms with Crippen LogP contribution in [0.3, 0.4) is 0 Å². The number of aliphatic hydroxyl groups is 1. The SMILES string of the molecule is CC/C=C\C/C=C\C/C=C\C/C=C\CCCCCCC(=O)OCC(COP(=O)(O)OCC(O)COP(=O)(O)OCC(COC(=O)CCCCCCCCCCCCCCCCC)OC(=O)CCCCCCCCCCCCC)OC(=O)CCCCCCCCCCCCCCCCC. The van der Waals surface area contributed by atoms with E-state index in [9.17, 15) is 43.2 Å². The van der Waals surface area contributed by atoms with Gasteiger partial charge in [0.2, 0.25) is 0 Å². The lowest BCUT2D eigenvalue weighted by molar-refractivity contribution is -0.161. The van der Waals surface area contributed by atoms with Gasteiger partial charge >= 0.3 is 39.5 Å². The molecule has 19 heteroatoms. The molecular formula is C79H146O17P2. The molecule has 0 aliphatic rings. The van der Waals surface area contributed by atoms with Crippen LogP contribution in [0.5, 0.6) is 0 Å². The van der Waals surface area contributed by atoms with Crippen LogP contribution in [0.4, 0.5) is 0 Å². The van der Waals surface area contributed by atoms with Crippen LogP contribution < -0.4 is 0 Å². The van der Waals surface area contributed by atoms with Gasteiger partial charge in [0.15, 0.2) is 12.2 Å². The summed E-state index contributed by atoms with van der Waals surface area (Å²) >= 11 is 0. The van der Waals surface area contributed by atoms with E-state index in [2.05, 4.69) is 76.3 Å². The number of phosphoric ester groups is 2. The number of hydrogen-bond acceptors (Lipinski definition) is 15. The summed E-state index contributed by atoms with van der Waals surface area (Å²) in [7, 11) is -9.93. The van der Waals surface area contributed by atoms with Crippen LogP contribution in [-0.2, 0) is 65.4 Å². The fraction of sp³-hybridized carbons (Fsp3) is 0.848. The summed E-state index contributed by atoms with van der Waals surface area (Å²) in [5.74, 6) is -2.16. The Balaban J connectivity index is 5.29. The highest BCUT2D eigenvalue weighted by molar-refractivity contribution is 7.47. The van der Waals surface area contributed by atoms with Gasteiger partial charge in [-0.2, -0.15) is 0 Å². The second-order valence-electron chi connectivity index (χ2n) is 27.0. The van der Waals surface area contributed by atoms with E-state index >= 15 is 0 Å². The Kier molecular flexibility index (Phi) is 70.2. The Morgan fingerprint density at radius 1 is 0.296 bits per heavy atom. The van der Waals surface area contributed by atoms with Crippen molar-refractivity contribution in [1.29, 1.82) is 0 Å². The first-order valence-corrected chi connectivity index (χ1v) is 42.9. The number of phosphoric acid groups is 2. The lowest BCUT2D eigenvalue weighted by Crippen LogP contribution is -2.30. The van der Waals surface area contributed by atoms with E-state index < -0.39 is 97.5 Å². The standard InChI is InChI=1S/C79H146O17P2/c1-5-9-13-17-21-25-29-32-35-36-39-41-45-48-52-56-60-64-77(82)90-70-75(96-79(84)66-62-58-54-50-46-42-38-34-31-27-23-19-15-11-7-3)72-94-98(87,88)92-68-73(80)67-91-97(85,86)93-71-74(95-78(83)65-61-57-53-49-43-28-24-20-16-12-8-4)69-89-76(81)63-59-55-51-47-44-40-37-33-30-26-22-18-14-10-6-2/h9,13,21,25,32,35,39,41,73-75,80H,5-8,10-12,14-20,22-24,26-31,33-34,36-38,40,42-72H2,1-4H3,(H,85,86)(H,87,88)/b13-9-,25-21-,35-32-,41-39-. The van der Waals surface area contributed by atoms with Gasteiger partial charge in [-0.3, -0.25) is 37.3 Å². The minimum absolute atomic E-state index is 0.0971. The second-order valence-corrected chi connectivity index (χ2v) is 29.9. The summed E-state index contributed by atoms with van der Waals surface area (Å²) < 4.78 is 68.6. The van der Waals surface area contributed by atoms with Gasteiger partial charge in [0.25, 0.3) is 0 Å². The van der Waals surface area contributed by atoms with Crippen molar-refractivity contribution < 1.29 is 80.2 Å². The number of carbonyl (C=O) groups excluding carboxylic acids is 4. The van der Waals surface area contributed by atoms with Crippen molar-refractivity contribution in [2.45, 2.75) is 393 Å². The van der Waals surface area contributed by atoms with Gasteiger partial charge < -0.3 is 33.8 Å². The smallest absolute Gasteiger partial charge is 0.462 e. The normalized spacial score (nSPS) is 14.2. The molecule has 0 fully saturated rings. The van der Waals surface area contributed by atoms with Crippen molar-refractivity contribution in [1.82, 2.24) is 0 Å². The van der Waals surface area contributed by atoms with Gasteiger partial charge in [0.05, 0.1) is 26.4 Å². The molecule has 0 bridgehead atoms. The number of rotatable bonds is 76. The summed E-state index contributed by atoms with van der Waals surface area (Å²) in [6.07, 6.45) is 69.5. The average Bonchev–Trinajstić information content (AvgIpc) is 0.986. The third kappa shape index (κ3) is 71.4. The van der Waals surface area contributed by atoms with Crippen LogP contribution in [0.25, 0.3) is 0 Å². The van der Waals surface area contributed by atoms with E-state index in [0.29, 0.717) is 25.7 Å². The molecule has 5 atom stereocenters. The molecule has 0 radical (unpaired) electrons. The molecule has 5 unspecified atom stereocenters. The van der Waals surface area contributed by atoms with Crippen molar-refractivity contribution in [3.8, 4) is 0 Å². The largest absolute Gasteiger partial charge is 0.472 e. The molecular weight excluding hydrogens is 1280 g/mol. The van der Waals surface area contributed by atoms with Crippen LogP contribution in [0.1, 0.15) is 374 Å². The molecule has 0 saturated heterocycles. The third-order valence-electron chi connectivity index (χ3n) is 17.3. The van der Waals surface area contributed by atoms with Gasteiger partial charge in [0, 0.05) is 25.7 Å². The molecule has 0 aromatic heterocycles. The number of esters is 4. The lowest BCUT2D eigenvalue weighted by Gasteiger charge is -2.21. The maximum Gasteiger partial charge on any atom is 0.472 e. The summed E-state index contributed by atoms with van der Waals surface area (Å²) in [5.41, 5.74) is 0. The molecule has 0 spiro atoms. The molecule has 0 aliphatic heterocycles. The van der Waals surface area contributed by atoms with E-state index in [1.54, 1.807) is 0 Å². The number of allylic oxidation sites excluding steroid dienone is 8. The molecule has 0 rings (SSSR count). The zero-order valence-electron chi connectivity index (χ0n) is 62.7. The number of hydrogen-bond donors (Lipinski definition) is 3.